The number of nitrogens with zero attached hydrogens (tertiary/aromatic N) is 1. The first-order valence-electron chi connectivity index (χ1n) is 11.4. The second-order valence-electron chi connectivity index (χ2n) is 8.40. The summed E-state index contributed by atoms with van der Waals surface area (Å²) >= 11 is 6.58. The lowest BCUT2D eigenvalue weighted by atomic mass is 10.00. The van der Waals surface area contributed by atoms with Gasteiger partial charge < -0.3 is 4.74 Å². The summed E-state index contributed by atoms with van der Waals surface area (Å²) in [6, 6.07) is 13.9. The summed E-state index contributed by atoms with van der Waals surface area (Å²) in [6.07, 6.45) is 1.71. The third-order valence-electron chi connectivity index (χ3n) is 5.98. The van der Waals surface area contributed by atoms with E-state index in [4.69, 9.17) is 16.3 Å². The summed E-state index contributed by atoms with van der Waals surface area (Å²) in [6.45, 7) is 5.84. The molecule has 0 aliphatic carbocycles. The van der Waals surface area contributed by atoms with Crippen molar-refractivity contribution in [3.63, 3.8) is 0 Å². The normalized spacial score (nSPS) is 14.9. The van der Waals surface area contributed by atoms with Crippen LogP contribution in [0.15, 0.2) is 60.2 Å². The van der Waals surface area contributed by atoms with Crippen LogP contribution in [0, 0.1) is 19.7 Å². The van der Waals surface area contributed by atoms with Gasteiger partial charge in [0.25, 0.3) is 11.8 Å². The van der Waals surface area contributed by atoms with Gasteiger partial charge in [-0.25, -0.2) is 14.1 Å². The molecule has 0 saturated carbocycles. The maximum absolute atomic E-state index is 13.7. The molecule has 1 N–H and O–H groups in total. The third-order valence-corrected chi connectivity index (χ3v) is 6.31. The maximum atomic E-state index is 13.7. The van der Waals surface area contributed by atoms with Crippen molar-refractivity contribution in [3.05, 3.63) is 98.8 Å². The van der Waals surface area contributed by atoms with Gasteiger partial charge in [0.15, 0.2) is 0 Å². The molecule has 0 spiro atoms. The van der Waals surface area contributed by atoms with Gasteiger partial charge in [0, 0.05) is 17.0 Å². The zero-order valence-corrected chi connectivity index (χ0v) is 20.8. The molecule has 1 saturated heterocycles. The molecule has 0 atom stereocenters. The Bertz CT molecular complexity index is 1420. The Morgan fingerprint density at radius 2 is 1.81 bits per heavy atom. The molecule has 1 aliphatic rings. The van der Waals surface area contributed by atoms with Crippen LogP contribution < -0.4 is 15.0 Å². The highest BCUT2D eigenvalue weighted by atomic mass is 35.5. The fourth-order valence-electron chi connectivity index (χ4n) is 4.04. The van der Waals surface area contributed by atoms with E-state index in [2.05, 4.69) is 5.32 Å². The molecule has 0 aromatic heterocycles. The van der Waals surface area contributed by atoms with E-state index in [0.29, 0.717) is 46.2 Å². The first-order valence-corrected chi connectivity index (χ1v) is 11.7. The Hall–Kier alpha value is -3.97. The van der Waals surface area contributed by atoms with Crippen molar-refractivity contribution in [1.29, 1.82) is 0 Å². The van der Waals surface area contributed by atoms with Crippen LogP contribution in [-0.4, -0.2) is 24.5 Å². The number of barbiturate groups is 1. The molecule has 1 aliphatic heterocycles. The van der Waals surface area contributed by atoms with Crippen LogP contribution in [0.1, 0.15) is 34.7 Å². The number of carbonyl (C=O) groups excluding carboxylic acids is 3. The fourth-order valence-corrected chi connectivity index (χ4v) is 4.33. The highest BCUT2D eigenvalue weighted by Crippen LogP contribution is 2.33. The van der Waals surface area contributed by atoms with Crippen LogP contribution in [0.2, 0.25) is 5.02 Å². The van der Waals surface area contributed by atoms with Gasteiger partial charge in [-0.2, -0.15) is 0 Å². The standard InChI is InChI=1S/C28H24ClFN2O4/c1-4-36-25-15-19(14-23(29)21(25)12-18-8-6-9-20(30)11-18)13-22-26(33)31-28(35)32(27(22)34)24-10-5-7-16(2)17(24)3/h5-11,13-15H,4,12H2,1-3H3,(H,31,33,35)/b22-13+. The lowest BCUT2D eigenvalue weighted by Crippen LogP contribution is -2.54. The summed E-state index contributed by atoms with van der Waals surface area (Å²) < 4.78 is 19.5. The van der Waals surface area contributed by atoms with E-state index in [-0.39, 0.29) is 11.4 Å². The predicted octanol–water partition coefficient (Wildman–Crippen LogP) is 5.75. The molecule has 1 heterocycles. The minimum Gasteiger partial charge on any atom is -0.494 e. The number of ether oxygens (including phenoxy) is 1. The van der Waals surface area contributed by atoms with Crippen molar-refractivity contribution in [2.45, 2.75) is 27.2 Å². The largest absolute Gasteiger partial charge is 0.494 e. The van der Waals surface area contributed by atoms with E-state index >= 15 is 0 Å². The SMILES string of the molecule is CCOc1cc(/C=C2\C(=O)NC(=O)N(c3cccc(C)c3C)C2=O)cc(Cl)c1Cc1cccc(F)c1. The Labute approximate surface area is 213 Å². The van der Waals surface area contributed by atoms with E-state index in [1.165, 1.54) is 18.2 Å². The van der Waals surface area contributed by atoms with Crippen LogP contribution in [0.5, 0.6) is 5.75 Å². The number of anilines is 1. The number of nitrogens with one attached hydrogen (secondary N) is 1. The average molecular weight is 507 g/mol. The molecule has 184 valence electrons. The highest BCUT2D eigenvalue weighted by Gasteiger charge is 2.37. The number of hydrogen-bond donors (Lipinski definition) is 1. The van der Waals surface area contributed by atoms with Gasteiger partial charge >= 0.3 is 6.03 Å². The van der Waals surface area contributed by atoms with Gasteiger partial charge in [-0.1, -0.05) is 35.9 Å². The number of amides is 4. The number of hydrogen-bond acceptors (Lipinski definition) is 4. The van der Waals surface area contributed by atoms with Gasteiger partial charge in [-0.3, -0.25) is 14.9 Å². The number of imide groups is 2. The van der Waals surface area contributed by atoms with Crippen LogP contribution in [0.25, 0.3) is 6.08 Å². The third kappa shape index (κ3) is 5.02. The Balaban J connectivity index is 1.74. The fraction of sp³-hybridized carbons (Fsp3) is 0.179. The zero-order chi connectivity index (χ0) is 26.0. The summed E-state index contributed by atoms with van der Waals surface area (Å²) in [5.74, 6) is -1.44. The van der Waals surface area contributed by atoms with Gasteiger partial charge in [-0.15, -0.1) is 0 Å². The predicted molar refractivity (Wildman–Crippen MR) is 137 cm³/mol. The van der Waals surface area contributed by atoms with Crippen LogP contribution in [0.4, 0.5) is 14.9 Å². The van der Waals surface area contributed by atoms with E-state index < -0.39 is 17.8 Å². The number of rotatable bonds is 6. The van der Waals surface area contributed by atoms with Crippen molar-refractivity contribution >= 4 is 41.2 Å². The lowest BCUT2D eigenvalue weighted by Gasteiger charge is -2.28. The Morgan fingerprint density at radius 3 is 2.53 bits per heavy atom. The van der Waals surface area contributed by atoms with E-state index in [1.807, 2.05) is 19.9 Å². The van der Waals surface area contributed by atoms with Crippen molar-refractivity contribution in [2.24, 2.45) is 0 Å². The number of halogens is 2. The monoisotopic (exact) mass is 506 g/mol. The summed E-state index contributed by atoms with van der Waals surface area (Å²) in [7, 11) is 0. The average Bonchev–Trinajstić information content (AvgIpc) is 2.82. The maximum Gasteiger partial charge on any atom is 0.335 e. The van der Waals surface area contributed by atoms with Crippen LogP contribution in [0.3, 0.4) is 0 Å². The zero-order valence-electron chi connectivity index (χ0n) is 20.0. The number of benzene rings is 3. The molecule has 3 aromatic rings. The van der Waals surface area contributed by atoms with Gasteiger partial charge in [0.2, 0.25) is 0 Å². The minimum absolute atomic E-state index is 0.216. The molecule has 0 radical (unpaired) electrons. The number of urea groups is 1. The van der Waals surface area contributed by atoms with E-state index in [1.54, 1.807) is 43.3 Å². The first kappa shape index (κ1) is 25.1. The van der Waals surface area contributed by atoms with Crippen molar-refractivity contribution in [2.75, 3.05) is 11.5 Å². The Morgan fingerprint density at radius 1 is 1.06 bits per heavy atom. The number of carbonyl (C=O) groups is 3. The summed E-state index contributed by atoms with van der Waals surface area (Å²) in [4.78, 5) is 39.5. The minimum atomic E-state index is -0.811. The molecule has 4 rings (SSSR count). The van der Waals surface area contributed by atoms with Gasteiger partial charge in [0.05, 0.1) is 12.3 Å². The molecule has 0 bridgehead atoms. The van der Waals surface area contributed by atoms with Gasteiger partial charge in [0.1, 0.15) is 17.1 Å². The van der Waals surface area contributed by atoms with Crippen molar-refractivity contribution in [3.8, 4) is 5.75 Å². The van der Waals surface area contributed by atoms with Crippen LogP contribution >= 0.6 is 11.6 Å². The second-order valence-corrected chi connectivity index (χ2v) is 8.80. The first-order chi connectivity index (χ1) is 17.2. The Kier molecular flexibility index (Phi) is 7.22. The summed E-state index contributed by atoms with van der Waals surface area (Å²) in [5.41, 5.74) is 3.64. The van der Waals surface area contributed by atoms with Crippen LogP contribution in [-0.2, 0) is 16.0 Å². The van der Waals surface area contributed by atoms with E-state index in [0.717, 1.165) is 16.0 Å². The van der Waals surface area contributed by atoms with Crippen molar-refractivity contribution < 1.29 is 23.5 Å². The lowest BCUT2D eigenvalue weighted by molar-refractivity contribution is -0.122. The molecular weight excluding hydrogens is 483 g/mol. The summed E-state index contributed by atoms with van der Waals surface area (Å²) in [5, 5.41) is 2.57. The van der Waals surface area contributed by atoms with Gasteiger partial charge in [-0.05, 0) is 79.4 Å². The number of aryl methyl sites for hydroxylation is 1. The second kappa shape index (κ2) is 10.3. The molecule has 8 heteroatoms. The molecule has 6 nitrogen and oxygen atoms in total. The molecular formula is C28H24ClFN2O4. The molecule has 0 unspecified atom stereocenters. The smallest absolute Gasteiger partial charge is 0.335 e. The topological polar surface area (TPSA) is 75.7 Å². The molecule has 1 fully saturated rings. The molecule has 4 amide bonds. The van der Waals surface area contributed by atoms with Crippen molar-refractivity contribution in [1.82, 2.24) is 5.32 Å². The highest BCUT2D eigenvalue weighted by molar-refractivity contribution is 6.39. The quantitative estimate of drug-likeness (QED) is 0.341. The molecule has 36 heavy (non-hydrogen) atoms. The molecule has 3 aromatic carbocycles. The van der Waals surface area contributed by atoms with E-state index in [9.17, 15) is 18.8 Å².